The summed E-state index contributed by atoms with van der Waals surface area (Å²) in [6.45, 7) is 1.45. The number of piperidine rings is 1. The molecule has 24 heavy (non-hydrogen) atoms. The average Bonchev–Trinajstić information content (AvgIpc) is 2.67. The quantitative estimate of drug-likeness (QED) is 0.933. The van der Waals surface area contributed by atoms with E-state index in [0.717, 1.165) is 31.6 Å². The Morgan fingerprint density at radius 3 is 2.79 bits per heavy atom. The lowest BCUT2D eigenvalue weighted by Gasteiger charge is -2.36. The van der Waals surface area contributed by atoms with Gasteiger partial charge in [0.2, 0.25) is 0 Å². The summed E-state index contributed by atoms with van der Waals surface area (Å²) >= 11 is 0. The third-order valence-electron chi connectivity index (χ3n) is 4.21. The first-order chi connectivity index (χ1) is 11.8. The Kier molecular flexibility index (Phi) is 5.02. The monoisotopic (exact) mass is 321 g/mol. The molecule has 0 radical (unpaired) electrons. The van der Waals surface area contributed by atoms with Gasteiger partial charge in [-0.1, -0.05) is 18.2 Å². The Hall–Kier alpha value is -2.94. The maximum Gasteiger partial charge on any atom is 0.251 e. The number of amides is 1. The van der Waals surface area contributed by atoms with Crippen LogP contribution in [0.1, 0.15) is 35.3 Å². The third-order valence-corrected chi connectivity index (χ3v) is 4.21. The molecule has 122 valence electrons. The van der Waals surface area contributed by atoms with Crippen LogP contribution >= 0.6 is 0 Å². The molecule has 2 aromatic rings. The van der Waals surface area contributed by atoms with E-state index in [9.17, 15) is 4.79 Å². The Morgan fingerprint density at radius 1 is 1.25 bits per heavy atom. The summed E-state index contributed by atoms with van der Waals surface area (Å²) in [6, 6.07) is 11.4. The van der Waals surface area contributed by atoms with Gasteiger partial charge in [-0.25, -0.2) is 9.97 Å². The van der Waals surface area contributed by atoms with E-state index in [2.05, 4.69) is 20.2 Å². The first-order valence-corrected chi connectivity index (χ1v) is 8.10. The lowest BCUT2D eigenvalue weighted by Crippen LogP contribution is -2.47. The molecular weight excluding hydrogens is 302 g/mol. The Balaban J connectivity index is 1.66. The van der Waals surface area contributed by atoms with Crippen LogP contribution in [0.5, 0.6) is 0 Å². The van der Waals surface area contributed by atoms with Gasteiger partial charge in [-0.05, 0) is 31.4 Å². The highest BCUT2D eigenvalue weighted by molar-refractivity contribution is 5.94. The number of hydrogen-bond donors (Lipinski definition) is 1. The Labute approximate surface area is 141 Å². The molecule has 1 amide bonds. The average molecular weight is 321 g/mol. The first kappa shape index (κ1) is 15.9. The lowest BCUT2D eigenvalue weighted by molar-refractivity contribution is 0.0949. The van der Waals surface area contributed by atoms with Crippen LogP contribution in [-0.2, 0) is 0 Å². The number of rotatable bonds is 4. The predicted molar refractivity (Wildman–Crippen MR) is 90.5 cm³/mol. The summed E-state index contributed by atoms with van der Waals surface area (Å²) in [5.41, 5.74) is 0.975. The van der Waals surface area contributed by atoms with Crippen LogP contribution in [-0.4, -0.2) is 35.0 Å². The minimum absolute atomic E-state index is 0.0629. The highest BCUT2D eigenvalue weighted by Gasteiger charge is 2.24. The molecule has 1 aromatic carbocycles. The van der Waals surface area contributed by atoms with Crippen molar-refractivity contribution < 1.29 is 4.79 Å². The van der Waals surface area contributed by atoms with Gasteiger partial charge in [0.25, 0.3) is 5.91 Å². The van der Waals surface area contributed by atoms with E-state index < -0.39 is 0 Å². The fourth-order valence-corrected chi connectivity index (χ4v) is 2.94. The summed E-state index contributed by atoms with van der Waals surface area (Å²) in [4.78, 5) is 22.8. The number of anilines is 1. The molecule has 1 saturated heterocycles. The minimum atomic E-state index is -0.0629. The zero-order valence-electron chi connectivity index (χ0n) is 13.4. The third kappa shape index (κ3) is 3.69. The van der Waals surface area contributed by atoms with Crippen molar-refractivity contribution in [1.82, 2.24) is 15.3 Å². The maximum absolute atomic E-state index is 12.2. The molecule has 6 heteroatoms. The van der Waals surface area contributed by atoms with Crippen molar-refractivity contribution in [3.8, 4) is 6.07 Å². The first-order valence-electron chi connectivity index (χ1n) is 8.10. The number of aromatic nitrogens is 2. The van der Waals surface area contributed by atoms with Gasteiger partial charge in [0.05, 0.1) is 12.4 Å². The number of hydrogen-bond acceptors (Lipinski definition) is 5. The van der Waals surface area contributed by atoms with Crippen molar-refractivity contribution in [3.63, 3.8) is 0 Å². The summed E-state index contributed by atoms with van der Waals surface area (Å²) < 4.78 is 0. The SMILES string of the molecule is N#Cc1cnc(N2CCCC[C@@H]2CNC(=O)c2ccccc2)cn1. The molecule has 1 aliphatic rings. The standard InChI is InChI=1S/C18H19N5O/c19-10-15-11-21-17(13-20-15)23-9-5-4-8-16(23)12-22-18(24)14-6-2-1-3-7-14/h1-3,6-7,11,13,16H,4-5,8-9,12H2,(H,22,24)/t16-/m1/s1. The lowest BCUT2D eigenvalue weighted by atomic mass is 10.0. The molecule has 1 fully saturated rings. The number of benzene rings is 1. The normalized spacial score (nSPS) is 17.1. The number of nitrogens with one attached hydrogen (secondary N) is 1. The van der Waals surface area contributed by atoms with Gasteiger partial charge in [0, 0.05) is 24.7 Å². The molecule has 1 atom stereocenters. The van der Waals surface area contributed by atoms with Crippen LogP contribution in [0.3, 0.4) is 0 Å². The molecule has 6 nitrogen and oxygen atoms in total. The Morgan fingerprint density at radius 2 is 2.08 bits per heavy atom. The number of nitriles is 1. The number of carbonyl (C=O) groups is 1. The molecule has 2 heterocycles. The second kappa shape index (κ2) is 7.55. The second-order valence-electron chi connectivity index (χ2n) is 5.79. The summed E-state index contributed by atoms with van der Waals surface area (Å²) in [6.07, 6.45) is 6.34. The van der Waals surface area contributed by atoms with Crippen molar-refractivity contribution in [3.05, 3.63) is 54.0 Å². The van der Waals surface area contributed by atoms with Crippen LogP contribution in [0.15, 0.2) is 42.7 Å². The van der Waals surface area contributed by atoms with Crippen molar-refractivity contribution in [1.29, 1.82) is 5.26 Å². The summed E-state index contributed by atoms with van der Waals surface area (Å²) in [5.74, 6) is 0.694. The fourth-order valence-electron chi connectivity index (χ4n) is 2.94. The zero-order chi connectivity index (χ0) is 16.8. The smallest absolute Gasteiger partial charge is 0.251 e. The highest BCUT2D eigenvalue weighted by Crippen LogP contribution is 2.22. The van der Waals surface area contributed by atoms with Crippen LogP contribution in [0.25, 0.3) is 0 Å². The van der Waals surface area contributed by atoms with Crippen LogP contribution in [0, 0.1) is 11.3 Å². The molecule has 1 aromatic heterocycles. The van der Waals surface area contributed by atoms with Gasteiger partial charge in [0.15, 0.2) is 5.69 Å². The van der Waals surface area contributed by atoms with Gasteiger partial charge in [-0.15, -0.1) is 0 Å². The molecule has 0 spiro atoms. The minimum Gasteiger partial charge on any atom is -0.351 e. The summed E-state index contributed by atoms with van der Waals surface area (Å²) in [5, 5.41) is 11.8. The molecule has 0 aliphatic carbocycles. The van der Waals surface area contributed by atoms with E-state index in [1.54, 1.807) is 18.3 Å². The molecule has 1 N–H and O–H groups in total. The van der Waals surface area contributed by atoms with Crippen LogP contribution in [0.2, 0.25) is 0 Å². The van der Waals surface area contributed by atoms with E-state index in [0.29, 0.717) is 17.8 Å². The molecule has 0 saturated carbocycles. The number of carbonyl (C=O) groups excluding carboxylic acids is 1. The van der Waals surface area contributed by atoms with Crippen LogP contribution < -0.4 is 10.2 Å². The second-order valence-corrected chi connectivity index (χ2v) is 5.79. The molecule has 0 bridgehead atoms. The van der Waals surface area contributed by atoms with Crippen molar-refractivity contribution in [2.24, 2.45) is 0 Å². The molecular formula is C18H19N5O. The topological polar surface area (TPSA) is 81.9 Å². The van der Waals surface area contributed by atoms with E-state index in [4.69, 9.17) is 5.26 Å². The molecule has 3 rings (SSSR count). The maximum atomic E-state index is 12.2. The van der Waals surface area contributed by atoms with Gasteiger partial charge >= 0.3 is 0 Å². The fraction of sp³-hybridized carbons (Fsp3) is 0.333. The van der Waals surface area contributed by atoms with E-state index in [-0.39, 0.29) is 11.9 Å². The number of nitrogens with zero attached hydrogens (tertiary/aromatic N) is 4. The predicted octanol–water partition coefficient (Wildman–Crippen LogP) is 2.14. The van der Waals surface area contributed by atoms with Gasteiger partial charge in [-0.3, -0.25) is 4.79 Å². The van der Waals surface area contributed by atoms with Gasteiger partial charge in [-0.2, -0.15) is 5.26 Å². The van der Waals surface area contributed by atoms with Gasteiger partial charge < -0.3 is 10.2 Å². The zero-order valence-corrected chi connectivity index (χ0v) is 13.4. The van der Waals surface area contributed by atoms with E-state index >= 15 is 0 Å². The van der Waals surface area contributed by atoms with Crippen molar-refractivity contribution >= 4 is 11.7 Å². The van der Waals surface area contributed by atoms with Crippen molar-refractivity contribution in [2.45, 2.75) is 25.3 Å². The van der Waals surface area contributed by atoms with Crippen molar-refractivity contribution in [2.75, 3.05) is 18.0 Å². The highest BCUT2D eigenvalue weighted by atomic mass is 16.1. The molecule has 0 unspecified atom stereocenters. The van der Waals surface area contributed by atoms with Gasteiger partial charge in [0.1, 0.15) is 11.9 Å². The Bertz CT molecular complexity index is 723. The van der Waals surface area contributed by atoms with E-state index in [1.807, 2.05) is 24.3 Å². The van der Waals surface area contributed by atoms with Crippen LogP contribution in [0.4, 0.5) is 5.82 Å². The van der Waals surface area contributed by atoms with E-state index in [1.165, 1.54) is 6.20 Å². The largest absolute Gasteiger partial charge is 0.351 e. The summed E-state index contributed by atoms with van der Waals surface area (Å²) in [7, 11) is 0. The molecule has 1 aliphatic heterocycles.